The Balaban J connectivity index is 2.01. The molecule has 8 heteroatoms. The quantitative estimate of drug-likeness (QED) is 0.729. The number of carbonyl (C=O) groups is 1. The standard InChI is InChI=1S/C19H22ClF3N2O2/c1-17(2,3)12-6-9-15-14(10-12)18(27,19(21,22)23)25(24-15)16(26)11-4-7-13(20)8-5-11/h4-5,7-8,12,14,27H,6,9-10H2,1-3H3/t12-,14+,18+/m1/s1. The molecule has 0 saturated heterocycles. The van der Waals surface area contributed by atoms with Crippen molar-refractivity contribution in [1.82, 2.24) is 5.01 Å². The lowest BCUT2D eigenvalue weighted by Gasteiger charge is -2.42. The fraction of sp³-hybridized carbons (Fsp3) is 0.579. The zero-order valence-corrected chi connectivity index (χ0v) is 16.1. The van der Waals surface area contributed by atoms with Crippen molar-refractivity contribution in [2.75, 3.05) is 0 Å². The van der Waals surface area contributed by atoms with Gasteiger partial charge in [-0.3, -0.25) is 4.79 Å². The molecule has 1 aromatic carbocycles. The predicted octanol–water partition coefficient (Wildman–Crippen LogP) is 4.87. The van der Waals surface area contributed by atoms with E-state index in [9.17, 15) is 23.1 Å². The zero-order chi connectivity index (χ0) is 20.2. The topological polar surface area (TPSA) is 52.9 Å². The summed E-state index contributed by atoms with van der Waals surface area (Å²) in [5, 5.41) is 15.3. The number of rotatable bonds is 1. The monoisotopic (exact) mass is 402 g/mol. The number of alkyl halides is 3. The van der Waals surface area contributed by atoms with Crippen LogP contribution in [-0.4, -0.2) is 33.6 Å². The van der Waals surface area contributed by atoms with E-state index < -0.39 is 23.7 Å². The van der Waals surface area contributed by atoms with Crippen LogP contribution in [0.4, 0.5) is 13.2 Å². The first-order chi connectivity index (χ1) is 12.4. The van der Waals surface area contributed by atoms with Crippen molar-refractivity contribution >= 4 is 23.2 Å². The van der Waals surface area contributed by atoms with Crippen molar-refractivity contribution in [3.8, 4) is 0 Å². The third-order valence-corrected chi connectivity index (χ3v) is 5.89. The number of hydrogen-bond donors (Lipinski definition) is 1. The number of carbonyl (C=O) groups excluding carboxylic acids is 1. The van der Waals surface area contributed by atoms with Gasteiger partial charge in [0.25, 0.3) is 11.6 Å². The van der Waals surface area contributed by atoms with Crippen LogP contribution in [0.3, 0.4) is 0 Å². The summed E-state index contributed by atoms with van der Waals surface area (Å²) in [5.74, 6) is -2.27. The number of fused-ring (bicyclic) bond motifs is 1. The molecule has 1 heterocycles. The lowest BCUT2D eigenvalue weighted by atomic mass is 9.66. The first-order valence-electron chi connectivity index (χ1n) is 8.82. The fourth-order valence-corrected chi connectivity index (χ4v) is 4.05. The maximum atomic E-state index is 14.0. The Bertz CT molecular complexity index is 771. The van der Waals surface area contributed by atoms with E-state index in [1.54, 1.807) is 0 Å². The highest BCUT2D eigenvalue weighted by Gasteiger charge is 2.69. The van der Waals surface area contributed by atoms with Gasteiger partial charge in [-0.1, -0.05) is 32.4 Å². The van der Waals surface area contributed by atoms with E-state index >= 15 is 0 Å². The second kappa shape index (κ2) is 6.48. The summed E-state index contributed by atoms with van der Waals surface area (Å²) in [7, 11) is 0. The molecule has 27 heavy (non-hydrogen) atoms. The summed E-state index contributed by atoms with van der Waals surface area (Å²) in [4.78, 5) is 12.8. The van der Waals surface area contributed by atoms with Crippen LogP contribution in [0.15, 0.2) is 29.4 Å². The maximum Gasteiger partial charge on any atom is 0.439 e. The van der Waals surface area contributed by atoms with Crippen molar-refractivity contribution in [3.63, 3.8) is 0 Å². The van der Waals surface area contributed by atoms with E-state index in [1.807, 2.05) is 20.8 Å². The van der Waals surface area contributed by atoms with E-state index in [0.717, 1.165) is 0 Å². The summed E-state index contributed by atoms with van der Waals surface area (Å²) < 4.78 is 42.0. The highest BCUT2D eigenvalue weighted by Crippen LogP contribution is 2.52. The summed E-state index contributed by atoms with van der Waals surface area (Å²) in [5.41, 5.74) is -3.33. The molecular weight excluding hydrogens is 381 g/mol. The van der Waals surface area contributed by atoms with E-state index in [1.165, 1.54) is 24.3 Å². The molecule has 1 amide bonds. The fourth-order valence-electron chi connectivity index (χ4n) is 3.92. The minimum absolute atomic E-state index is 0.0130. The van der Waals surface area contributed by atoms with Crippen LogP contribution in [0, 0.1) is 17.3 Å². The van der Waals surface area contributed by atoms with Crippen molar-refractivity contribution < 1.29 is 23.1 Å². The van der Waals surface area contributed by atoms with Gasteiger partial charge in [-0.25, -0.2) is 0 Å². The van der Waals surface area contributed by atoms with Gasteiger partial charge in [0.2, 0.25) is 0 Å². The molecular formula is C19H22ClF3N2O2. The number of amides is 1. The zero-order valence-electron chi connectivity index (χ0n) is 15.3. The average molecular weight is 403 g/mol. The molecule has 1 aliphatic carbocycles. The third kappa shape index (κ3) is 3.36. The van der Waals surface area contributed by atoms with Gasteiger partial charge >= 0.3 is 6.18 Å². The Labute approximate surface area is 161 Å². The second-order valence-electron chi connectivity index (χ2n) is 8.33. The molecule has 1 aliphatic heterocycles. The molecule has 0 spiro atoms. The molecule has 3 atom stereocenters. The summed E-state index contributed by atoms with van der Waals surface area (Å²) >= 11 is 5.78. The van der Waals surface area contributed by atoms with Crippen molar-refractivity contribution in [2.45, 2.75) is 51.9 Å². The Kier molecular flexibility index (Phi) is 4.84. The van der Waals surface area contributed by atoms with Crippen LogP contribution in [-0.2, 0) is 0 Å². The molecule has 148 valence electrons. The average Bonchev–Trinajstić information content (AvgIpc) is 2.88. The van der Waals surface area contributed by atoms with E-state index in [4.69, 9.17) is 11.6 Å². The lowest BCUT2D eigenvalue weighted by molar-refractivity contribution is -0.314. The molecule has 1 N–H and O–H groups in total. The van der Waals surface area contributed by atoms with Gasteiger partial charge in [-0.15, -0.1) is 0 Å². The SMILES string of the molecule is CC(C)(C)[C@@H]1CCC2=NN(C(=O)c3ccc(Cl)cc3)[C@@](O)(C(F)(F)F)[C@H]2C1. The summed E-state index contributed by atoms with van der Waals surface area (Å²) in [6, 6.07) is 5.46. The van der Waals surface area contributed by atoms with Gasteiger partial charge in [0.15, 0.2) is 0 Å². The second-order valence-corrected chi connectivity index (χ2v) is 8.77. The number of halogens is 4. The number of hydrazone groups is 1. The first kappa shape index (κ1) is 20.1. The Morgan fingerprint density at radius 1 is 1.26 bits per heavy atom. The van der Waals surface area contributed by atoms with Crippen LogP contribution in [0.5, 0.6) is 0 Å². The van der Waals surface area contributed by atoms with Gasteiger partial charge in [0.05, 0.1) is 5.92 Å². The minimum atomic E-state index is -5.04. The van der Waals surface area contributed by atoms with Crippen LogP contribution in [0.2, 0.25) is 5.02 Å². The molecule has 1 saturated carbocycles. The Morgan fingerprint density at radius 3 is 2.37 bits per heavy atom. The van der Waals surface area contributed by atoms with Gasteiger partial charge in [-0.2, -0.15) is 23.3 Å². The van der Waals surface area contributed by atoms with Crippen LogP contribution >= 0.6 is 11.6 Å². The van der Waals surface area contributed by atoms with E-state index in [2.05, 4.69) is 5.10 Å². The molecule has 2 aliphatic rings. The van der Waals surface area contributed by atoms with Crippen LogP contribution in [0.1, 0.15) is 50.4 Å². The molecule has 0 aromatic heterocycles. The number of benzene rings is 1. The van der Waals surface area contributed by atoms with Crippen molar-refractivity contribution in [1.29, 1.82) is 0 Å². The smallest absolute Gasteiger partial charge is 0.362 e. The van der Waals surface area contributed by atoms with Crippen molar-refractivity contribution in [2.24, 2.45) is 22.4 Å². The first-order valence-corrected chi connectivity index (χ1v) is 9.20. The Morgan fingerprint density at radius 2 is 1.85 bits per heavy atom. The molecule has 3 rings (SSSR count). The van der Waals surface area contributed by atoms with Crippen molar-refractivity contribution in [3.05, 3.63) is 34.9 Å². The van der Waals surface area contributed by atoms with E-state index in [-0.39, 0.29) is 34.0 Å². The molecule has 0 bridgehead atoms. The van der Waals surface area contributed by atoms with Gasteiger partial charge < -0.3 is 5.11 Å². The summed E-state index contributed by atoms with van der Waals surface area (Å²) in [6.07, 6.45) is -3.90. The van der Waals surface area contributed by atoms with Crippen LogP contribution in [0.25, 0.3) is 0 Å². The molecule has 0 unspecified atom stereocenters. The molecule has 4 nitrogen and oxygen atoms in total. The van der Waals surface area contributed by atoms with Gasteiger partial charge in [-0.05, 0) is 54.9 Å². The lowest BCUT2D eigenvalue weighted by Crippen LogP contribution is -2.62. The maximum absolute atomic E-state index is 14.0. The molecule has 1 fully saturated rings. The molecule has 0 radical (unpaired) electrons. The summed E-state index contributed by atoms with van der Waals surface area (Å²) in [6.45, 7) is 5.91. The predicted molar refractivity (Wildman–Crippen MR) is 96.3 cm³/mol. The van der Waals surface area contributed by atoms with Gasteiger partial charge in [0.1, 0.15) is 0 Å². The number of nitrogens with zero attached hydrogens (tertiary/aromatic N) is 2. The molecule has 1 aromatic rings. The van der Waals surface area contributed by atoms with E-state index in [0.29, 0.717) is 17.9 Å². The minimum Gasteiger partial charge on any atom is -0.362 e. The largest absolute Gasteiger partial charge is 0.439 e. The number of hydrogen-bond acceptors (Lipinski definition) is 3. The normalized spacial score (nSPS) is 28.7. The van der Waals surface area contributed by atoms with Crippen LogP contribution < -0.4 is 0 Å². The Hall–Kier alpha value is -1.60. The van der Waals surface area contributed by atoms with Gasteiger partial charge in [0, 0.05) is 16.3 Å². The third-order valence-electron chi connectivity index (χ3n) is 5.63. The number of aliphatic hydroxyl groups is 1. The highest BCUT2D eigenvalue weighted by atomic mass is 35.5. The highest BCUT2D eigenvalue weighted by molar-refractivity contribution is 6.30.